The molecule has 0 bridgehead atoms. The van der Waals surface area contributed by atoms with E-state index < -0.39 is 0 Å². The first-order valence-corrected chi connectivity index (χ1v) is 8.96. The van der Waals surface area contributed by atoms with Crippen LogP contribution in [-0.2, 0) is 6.54 Å². The van der Waals surface area contributed by atoms with Crippen LogP contribution >= 0.6 is 0 Å². The van der Waals surface area contributed by atoms with Gasteiger partial charge in [-0.15, -0.1) is 0 Å². The van der Waals surface area contributed by atoms with Gasteiger partial charge < -0.3 is 4.90 Å². The zero-order valence-corrected chi connectivity index (χ0v) is 15.6. The van der Waals surface area contributed by atoms with E-state index in [0.717, 1.165) is 22.3 Å². The largest absolute Gasteiger partial charge is 0.329 e. The average Bonchev–Trinajstić information content (AvgIpc) is 2.66. The van der Waals surface area contributed by atoms with Gasteiger partial charge in [0.1, 0.15) is 0 Å². The SMILES string of the molecule is CC(C)(C)N(Cc1ccccc1)C(=O)c1ccc(-c2ccccc2)cc1. The lowest BCUT2D eigenvalue weighted by Gasteiger charge is -2.36. The molecule has 26 heavy (non-hydrogen) atoms. The fraction of sp³-hybridized carbons (Fsp3) is 0.208. The van der Waals surface area contributed by atoms with Crippen LogP contribution in [0.4, 0.5) is 0 Å². The van der Waals surface area contributed by atoms with Gasteiger partial charge in [0.25, 0.3) is 5.91 Å². The maximum Gasteiger partial charge on any atom is 0.254 e. The predicted octanol–water partition coefficient (Wildman–Crippen LogP) is 5.79. The first kappa shape index (κ1) is 17.9. The summed E-state index contributed by atoms with van der Waals surface area (Å²) in [5.74, 6) is 0.0564. The molecule has 0 heterocycles. The monoisotopic (exact) mass is 343 g/mol. The van der Waals surface area contributed by atoms with E-state index in [-0.39, 0.29) is 11.4 Å². The zero-order chi connectivity index (χ0) is 18.6. The highest BCUT2D eigenvalue weighted by molar-refractivity contribution is 5.95. The van der Waals surface area contributed by atoms with Crippen LogP contribution < -0.4 is 0 Å². The van der Waals surface area contributed by atoms with Gasteiger partial charge in [0.15, 0.2) is 0 Å². The Bertz CT molecular complexity index is 846. The first-order valence-electron chi connectivity index (χ1n) is 8.96. The quantitative estimate of drug-likeness (QED) is 0.587. The second-order valence-corrected chi connectivity index (χ2v) is 7.49. The molecule has 0 unspecified atom stereocenters. The summed E-state index contributed by atoms with van der Waals surface area (Å²) in [6.45, 7) is 6.83. The van der Waals surface area contributed by atoms with E-state index in [0.29, 0.717) is 6.54 Å². The van der Waals surface area contributed by atoms with Crippen LogP contribution in [0.1, 0.15) is 36.7 Å². The molecular formula is C24H25NO. The van der Waals surface area contributed by atoms with Crippen molar-refractivity contribution in [2.45, 2.75) is 32.9 Å². The van der Waals surface area contributed by atoms with Crippen LogP contribution in [0, 0.1) is 0 Å². The fourth-order valence-corrected chi connectivity index (χ4v) is 2.97. The van der Waals surface area contributed by atoms with Crippen molar-refractivity contribution >= 4 is 5.91 Å². The van der Waals surface area contributed by atoms with Crippen molar-refractivity contribution in [2.75, 3.05) is 0 Å². The third kappa shape index (κ3) is 4.20. The summed E-state index contributed by atoms with van der Waals surface area (Å²) in [4.78, 5) is 15.1. The lowest BCUT2D eigenvalue weighted by molar-refractivity contribution is 0.0559. The molecule has 0 aromatic heterocycles. The molecule has 0 radical (unpaired) electrons. The van der Waals surface area contributed by atoms with Gasteiger partial charge in [-0.25, -0.2) is 0 Å². The minimum absolute atomic E-state index is 0.0564. The second kappa shape index (κ2) is 7.57. The van der Waals surface area contributed by atoms with E-state index in [4.69, 9.17) is 0 Å². The maximum absolute atomic E-state index is 13.2. The third-order valence-electron chi connectivity index (χ3n) is 4.48. The van der Waals surface area contributed by atoms with Crippen molar-refractivity contribution in [3.05, 3.63) is 96.1 Å². The normalized spacial score (nSPS) is 11.2. The molecule has 2 nitrogen and oxygen atoms in total. The number of carbonyl (C=O) groups excluding carboxylic acids is 1. The van der Waals surface area contributed by atoms with Crippen LogP contribution in [0.15, 0.2) is 84.9 Å². The molecule has 132 valence electrons. The van der Waals surface area contributed by atoms with E-state index in [1.54, 1.807) is 0 Å². The molecule has 2 heteroatoms. The standard InChI is InChI=1S/C24H25NO/c1-24(2,3)25(18-19-10-6-4-7-11-19)23(26)22-16-14-21(15-17-22)20-12-8-5-9-13-20/h4-17H,18H2,1-3H3. The molecule has 0 saturated carbocycles. The Kier molecular flexibility index (Phi) is 5.22. The summed E-state index contributed by atoms with van der Waals surface area (Å²) in [5, 5.41) is 0. The van der Waals surface area contributed by atoms with Crippen molar-refractivity contribution in [3.63, 3.8) is 0 Å². The molecule has 0 N–H and O–H groups in total. The predicted molar refractivity (Wildman–Crippen MR) is 108 cm³/mol. The van der Waals surface area contributed by atoms with E-state index in [9.17, 15) is 4.79 Å². The van der Waals surface area contributed by atoms with Crippen LogP contribution in [-0.4, -0.2) is 16.3 Å². The molecule has 0 spiro atoms. The Balaban J connectivity index is 1.85. The van der Waals surface area contributed by atoms with Crippen molar-refractivity contribution in [1.29, 1.82) is 0 Å². The van der Waals surface area contributed by atoms with Crippen molar-refractivity contribution in [3.8, 4) is 11.1 Å². The molecular weight excluding hydrogens is 318 g/mol. The topological polar surface area (TPSA) is 20.3 Å². The number of hydrogen-bond donors (Lipinski definition) is 0. The highest BCUT2D eigenvalue weighted by Crippen LogP contribution is 2.23. The highest BCUT2D eigenvalue weighted by atomic mass is 16.2. The van der Waals surface area contributed by atoms with Crippen molar-refractivity contribution in [2.24, 2.45) is 0 Å². The van der Waals surface area contributed by atoms with Gasteiger partial charge in [-0.05, 0) is 49.6 Å². The maximum atomic E-state index is 13.2. The molecule has 3 aromatic rings. The first-order chi connectivity index (χ1) is 12.4. The second-order valence-electron chi connectivity index (χ2n) is 7.49. The minimum Gasteiger partial charge on any atom is -0.329 e. The summed E-state index contributed by atoms with van der Waals surface area (Å²) in [7, 11) is 0. The summed E-state index contributed by atoms with van der Waals surface area (Å²) >= 11 is 0. The van der Waals surface area contributed by atoms with Gasteiger partial charge in [-0.1, -0.05) is 72.8 Å². The number of hydrogen-bond acceptors (Lipinski definition) is 1. The van der Waals surface area contributed by atoms with E-state index >= 15 is 0 Å². The zero-order valence-electron chi connectivity index (χ0n) is 15.6. The van der Waals surface area contributed by atoms with Gasteiger partial charge in [0, 0.05) is 17.6 Å². The average molecular weight is 343 g/mol. The van der Waals surface area contributed by atoms with Crippen LogP contribution in [0.2, 0.25) is 0 Å². The Morgan fingerprint density at radius 2 is 1.23 bits per heavy atom. The van der Waals surface area contributed by atoms with Gasteiger partial charge in [-0.2, -0.15) is 0 Å². The molecule has 0 aliphatic rings. The molecule has 3 rings (SSSR count). The Morgan fingerprint density at radius 1 is 0.731 bits per heavy atom. The summed E-state index contributed by atoms with van der Waals surface area (Å²) < 4.78 is 0. The third-order valence-corrected chi connectivity index (χ3v) is 4.48. The van der Waals surface area contributed by atoms with E-state index in [2.05, 4.69) is 45.0 Å². The van der Waals surface area contributed by atoms with Crippen LogP contribution in [0.3, 0.4) is 0 Å². The highest BCUT2D eigenvalue weighted by Gasteiger charge is 2.27. The van der Waals surface area contributed by atoms with Gasteiger partial charge in [0.05, 0.1) is 0 Å². The van der Waals surface area contributed by atoms with Gasteiger partial charge in [0.2, 0.25) is 0 Å². The summed E-state index contributed by atoms with van der Waals surface area (Å²) in [6.07, 6.45) is 0. The molecule has 0 fully saturated rings. The summed E-state index contributed by atoms with van der Waals surface area (Å²) in [5.41, 5.74) is 3.87. The number of carbonyl (C=O) groups is 1. The van der Waals surface area contributed by atoms with Crippen molar-refractivity contribution < 1.29 is 4.79 Å². The molecule has 0 aliphatic carbocycles. The Hall–Kier alpha value is -2.87. The Labute approximate surface area is 156 Å². The summed E-state index contributed by atoms with van der Waals surface area (Å²) in [6, 6.07) is 28.2. The number of amides is 1. The molecule has 0 aliphatic heterocycles. The van der Waals surface area contributed by atoms with E-state index in [1.807, 2.05) is 65.6 Å². The molecule has 0 saturated heterocycles. The van der Waals surface area contributed by atoms with E-state index in [1.165, 1.54) is 0 Å². The van der Waals surface area contributed by atoms with Gasteiger partial charge in [-0.3, -0.25) is 4.79 Å². The molecule has 0 atom stereocenters. The lowest BCUT2D eigenvalue weighted by atomic mass is 10.0. The number of benzene rings is 3. The van der Waals surface area contributed by atoms with Crippen molar-refractivity contribution in [1.82, 2.24) is 4.90 Å². The smallest absolute Gasteiger partial charge is 0.254 e. The van der Waals surface area contributed by atoms with Crippen LogP contribution in [0.5, 0.6) is 0 Å². The van der Waals surface area contributed by atoms with Gasteiger partial charge >= 0.3 is 0 Å². The number of rotatable bonds is 4. The fourth-order valence-electron chi connectivity index (χ4n) is 2.97. The molecule has 3 aromatic carbocycles. The molecule has 1 amide bonds. The Morgan fingerprint density at radius 3 is 1.77 bits per heavy atom. The minimum atomic E-state index is -0.259. The van der Waals surface area contributed by atoms with Crippen LogP contribution in [0.25, 0.3) is 11.1 Å². The number of nitrogens with zero attached hydrogens (tertiary/aromatic N) is 1. The lowest BCUT2D eigenvalue weighted by Crippen LogP contribution is -2.45.